The van der Waals surface area contributed by atoms with Gasteiger partial charge in [0, 0.05) is 32.0 Å². The third kappa shape index (κ3) is 4.16. The van der Waals surface area contributed by atoms with E-state index in [9.17, 15) is 4.79 Å². The first-order chi connectivity index (χ1) is 11.7. The molecule has 1 aliphatic rings. The lowest BCUT2D eigenvalue weighted by Crippen LogP contribution is -2.46. The predicted molar refractivity (Wildman–Crippen MR) is 94.6 cm³/mol. The first-order valence-electron chi connectivity index (χ1n) is 8.78. The zero-order valence-corrected chi connectivity index (χ0v) is 14.3. The number of imidazole rings is 1. The van der Waals surface area contributed by atoms with Crippen LogP contribution in [0.5, 0.6) is 0 Å². The van der Waals surface area contributed by atoms with Gasteiger partial charge in [0.05, 0.1) is 6.54 Å². The van der Waals surface area contributed by atoms with Gasteiger partial charge in [-0.05, 0) is 37.7 Å². The Kier molecular flexibility index (Phi) is 5.51. The Morgan fingerprint density at radius 2 is 2.12 bits per heavy atom. The molecule has 1 fully saturated rings. The summed E-state index contributed by atoms with van der Waals surface area (Å²) in [6, 6.07) is 10.9. The second-order valence-electron chi connectivity index (χ2n) is 6.48. The fourth-order valence-corrected chi connectivity index (χ4v) is 3.03. The van der Waals surface area contributed by atoms with Gasteiger partial charge in [0.25, 0.3) is 0 Å². The monoisotopic (exact) mass is 326 g/mol. The number of nitrogens with zero attached hydrogens (tertiary/aromatic N) is 3. The molecule has 0 aliphatic heterocycles. The lowest BCUT2D eigenvalue weighted by Gasteiger charge is -2.34. The minimum atomic E-state index is -0.00136. The van der Waals surface area contributed by atoms with E-state index in [1.54, 1.807) is 6.20 Å². The van der Waals surface area contributed by atoms with Gasteiger partial charge in [-0.15, -0.1) is 0 Å². The fraction of sp³-hybridized carbons (Fsp3) is 0.474. The Labute approximate surface area is 143 Å². The molecule has 3 rings (SSSR count). The highest BCUT2D eigenvalue weighted by Gasteiger charge is 2.25. The Hall–Kier alpha value is -2.30. The summed E-state index contributed by atoms with van der Waals surface area (Å²) in [6.07, 6.45) is 9.38. The van der Waals surface area contributed by atoms with E-state index >= 15 is 0 Å². The van der Waals surface area contributed by atoms with E-state index in [0.717, 1.165) is 38.1 Å². The lowest BCUT2D eigenvalue weighted by atomic mass is 9.92. The van der Waals surface area contributed by atoms with Gasteiger partial charge < -0.3 is 14.8 Å². The van der Waals surface area contributed by atoms with Gasteiger partial charge in [-0.25, -0.2) is 9.78 Å². The molecular weight excluding hydrogens is 300 g/mol. The number of hydrogen-bond acceptors (Lipinski definition) is 2. The Balaban J connectivity index is 1.45. The molecule has 1 N–H and O–H groups in total. The van der Waals surface area contributed by atoms with Crippen LogP contribution in [0.1, 0.15) is 37.1 Å². The van der Waals surface area contributed by atoms with Crippen LogP contribution < -0.4 is 5.32 Å². The van der Waals surface area contributed by atoms with Crippen molar-refractivity contribution in [1.82, 2.24) is 19.8 Å². The number of aryl methyl sites for hydroxylation is 2. The second-order valence-corrected chi connectivity index (χ2v) is 6.48. The zero-order chi connectivity index (χ0) is 16.8. The number of carbonyl (C=O) groups excluding carboxylic acids is 1. The van der Waals surface area contributed by atoms with Crippen molar-refractivity contribution in [1.29, 1.82) is 0 Å². The summed E-state index contributed by atoms with van der Waals surface area (Å²) < 4.78 is 2.13. The summed E-state index contributed by atoms with van der Waals surface area (Å²) in [5, 5.41) is 2.99. The molecule has 128 valence electrons. The Morgan fingerprint density at radius 1 is 1.33 bits per heavy atom. The molecule has 0 radical (unpaired) electrons. The summed E-state index contributed by atoms with van der Waals surface area (Å²) in [7, 11) is 1.88. The maximum atomic E-state index is 12.2. The normalized spacial score (nSPS) is 14.2. The van der Waals surface area contributed by atoms with E-state index < -0.39 is 0 Å². The molecule has 1 saturated carbocycles. The summed E-state index contributed by atoms with van der Waals surface area (Å²) in [5.41, 5.74) is 1.36. The van der Waals surface area contributed by atoms with Gasteiger partial charge in [0.15, 0.2) is 0 Å². The predicted octanol–water partition coefficient (Wildman–Crippen LogP) is 3.21. The van der Waals surface area contributed by atoms with Crippen LogP contribution in [0.15, 0.2) is 42.7 Å². The molecule has 0 saturated heterocycles. The van der Waals surface area contributed by atoms with Gasteiger partial charge >= 0.3 is 6.03 Å². The molecule has 0 atom stereocenters. The molecule has 1 aromatic heterocycles. The molecule has 2 amide bonds. The van der Waals surface area contributed by atoms with Gasteiger partial charge in [-0.3, -0.25) is 0 Å². The minimum Gasteiger partial charge on any atom is -0.333 e. The first kappa shape index (κ1) is 16.6. The topological polar surface area (TPSA) is 50.2 Å². The largest absolute Gasteiger partial charge is 0.333 e. The van der Waals surface area contributed by atoms with E-state index in [-0.39, 0.29) is 6.03 Å². The van der Waals surface area contributed by atoms with Crippen LogP contribution in [0.4, 0.5) is 4.79 Å². The third-order valence-corrected chi connectivity index (χ3v) is 4.85. The van der Waals surface area contributed by atoms with Crippen LogP contribution in [-0.4, -0.2) is 33.6 Å². The van der Waals surface area contributed by atoms with Crippen LogP contribution in [0.25, 0.3) is 0 Å². The first-order valence-corrected chi connectivity index (χ1v) is 8.78. The van der Waals surface area contributed by atoms with Crippen molar-refractivity contribution in [3.8, 4) is 0 Å². The van der Waals surface area contributed by atoms with Gasteiger partial charge in [-0.1, -0.05) is 30.3 Å². The van der Waals surface area contributed by atoms with Crippen molar-refractivity contribution in [3.63, 3.8) is 0 Å². The molecule has 24 heavy (non-hydrogen) atoms. The summed E-state index contributed by atoms with van der Waals surface area (Å²) >= 11 is 0. The zero-order valence-electron chi connectivity index (χ0n) is 14.3. The highest BCUT2D eigenvalue weighted by atomic mass is 16.2. The van der Waals surface area contributed by atoms with Crippen LogP contribution >= 0.6 is 0 Å². The van der Waals surface area contributed by atoms with Crippen molar-refractivity contribution >= 4 is 6.03 Å². The Bertz CT molecular complexity index is 648. The van der Waals surface area contributed by atoms with Crippen molar-refractivity contribution in [2.45, 2.75) is 51.2 Å². The summed E-state index contributed by atoms with van der Waals surface area (Å²) in [4.78, 5) is 18.4. The third-order valence-electron chi connectivity index (χ3n) is 4.85. The molecule has 5 heteroatoms. The molecule has 1 aromatic carbocycles. The van der Waals surface area contributed by atoms with Crippen molar-refractivity contribution < 1.29 is 4.79 Å². The molecule has 5 nitrogen and oxygen atoms in total. The number of amides is 2. The van der Waals surface area contributed by atoms with E-state index in [1.165, 1.54) is 12.0 Å². The van der Waals surface area contributed by atoms with Crippen molar-refractivity contribution in [2.24, 2.45) is 0 Å². The standard InChI is InChI=1S/C19H26N4O/c1-22(17-10-5-11-17)19(24)21-15-18-20-12-14-23(18)13-6-9-16-7-3-2-4-8-16/h2-4,7-8,12,14,17H,5-6,9-11,13,15H2,1H3,(H,21,24). The van der Waals surface area contributed by atoms with Crippen LogP contribution in [0.2, 0.25) is 0 Å². The smallest absolute Gasteiger partial charge is 0.317 e. The van der Waals surface area contributed by atoms with E-state index in [4.69, 9.17) is 0 Å². The molecule has 2 aromatic rings. The average Bonchev–Trinajstić information content (AvgIpc) is 2.99. The Morgan fingerprint density at radius 3 is 2.83 bits per heavy atom. The highest BCUT2D eigenvalue weighted by molar-refractivity contribution is 5.74. The van der Waals surface area contributed by atoms with Crippen LogP contribution in [0.3, 0.4) is 0 Å². The molecule has 1 heterocycles. The second kappa shape index (κ2) is 7.99. The molecule has 0 unspecified atom stereocenters. The summed E-state index contributed by atoms with van der Waals surface area (Å²) in [6.45, 7) is 1.40. The summed E-state index contributed by atoms with van der Waals surface area (Å²) in [5.74, 6) is 0.915. The van der Waals surface area contributed by atoms with E-state index in [0.29, 0.717) is 12.6 Å². The van der Waals surface area contributed by atoms with E-state index in [2.05, 4.69) is 39.1 Å². The number of rotatable bonds is 7. The van der Waals surface area contributed by atoms with Crippen molar-refractivity contribution in [2.75, 3.05) is 7.05 Å². The molecule has 0 spiro atoms. The van der Waals surface area contributed by atoms with E-state index in [1.807, 2.05) is 24.2 Å². The average molecular weight is 326 g/mol. The molecule has 1 aliphatic carbocycles. The van der Waals surface area contributed by atoms with Gasteiger partial charge in [-0.2, -0.15) is 0 Å². The van der Waals surface area contributed by atoms with Crippen LogP contribution in [0, 0.1) is 0 Å². The highest BCUT2D eigenvalue weighted by Crippen LogP contribution is 2.23. The van der Waals surface area contributed by atoms with Crippen LogP contribution in [-0.2, 0) is 19.5 Å². The number of nitrogens with one attached hydrogen (secondary N) is 1. The number of urea groups is 1. The number of hydrogen-bond donors (Lipinski definition) is 1. The fourth-order valence-electron chi connectivity index (χ4n) is 3.03. The quantitative estimate of drug-likeness (QED) is 0.849. The van der Waals surface area contributed by atoms with Crippen molar-refractivity contribution in [3.05, 3.63) is 54.1 Å². The maximum Gasteiger partial charge on any atom is 0.317 e. The minimum absolute atomic E-state index is 0.00136. The number of benzene rings is 1. The SMILES string of the molecule is CN(C(=O)NCc1nccn1CCCc1ccccc1)C1CCC1. The lowest BCUT2D eigenvalue weighted by molar-refractivity contribution is 0.157. The van der Waals surface area contributed by atoms with Gasteiger partial charge in [0.2, 0.25) is 0 Å². The maximum absolute atomic E-state index is 12.2. The molecule has 0 bridgehead atoms. The number of carbonyl (C=O) groups is 1. The number of aromatic nitrogens is 2. The molecular formula is C19H26N4O. The van der Waals surface area contributed by atoms with Gasteiger partial charge in [0.1, 0.15) is 5.82 Å².